The van der Waals surface area contributed by atoms with Gasteiger partial charge in [0.05, 0.1) is 6.61 Å². The third kappa shape index (κ3) is 3.20. The Morgan fingerprint density at radius 2 is 2.20 bits per heavy atom. The number of hydrogen-bond donors (Lipinski definition) is 1. The zero-order chi connectivity index (χ0) is 14.5. The van der Waals surface area contributed by atoms with Crippen molar-refractivity contribution < 1.29 is 9.53 Å². The predicted molar refractivity (Wildman–Crippen MR) is 80.9 cm³/mol. The van der Waals surface area contributed by atoms with E-state index in [-0.39, 0.29) is 12.5 Å². The maximum Gasteiger partial charge on any atom is 0.325 e. The average Bonchev–Trinajstić information content (AvgIpc) is 2.74. The zero-order valence-electron chi connectivity index (χ0n) is 12.4. The monoisotopic (exact) mass is 274 g/mol. The summed E-state index contributed by atoms with van der Waals surface area (Å²) in [5, 5.41) is 4.39. The van der Waals surface area contributed by atoms with Crippen LogP contribution in [0.2, 0.25) is 0 Å². The van der Waals surface area contributed by atoms with E-state index < -0.39 is 0 Å². The first-order valence-corrected chi connectivity index (χ1v) is 7.04. The molecule has 0 fully saturated rings. The summed E-state index contributed by atoms with van der Waals surface area (Å²) in [7, 11) is 1.95. The highest BCUT2D eigenvalue weighted by molar-refractivity contribution is 5.86. The number of nitrogens with zero attached hydrogens (tertiary/aromatic N) is 1. The van der Waals surface area contributed by atoms with Gasteiger partial charge in [-0.2, -0.15) is 0 Å². The standard InChI is InChI=1S/C16H22N2O2/c1-4-20-16(19)11-18-10-13(7-8-17-3)14-9-12(2)5-6-15(14)18/h5-6,9-10,17H,4,7-8,11H2,1-3H3. The fourth-order valence-corrected chi connectivity index (χ4v) is 2.42. The third-order valence-electron chi connectivity index (χ3n) is 3.37. The molecule has 20 heavy (non-hydrogen) atoms. The summed E-state index contributed by atoms with van der Waals surface area (Å²) in [5.74, 6) is -0.190. The number of aryl methyl sites for hydroxylation is 1. The van der Waals surface area contributed by atoms with Crippen molar-refractivity contribution in [1.82, 2.24) is 9.88 Å². The molecule has 1 aromatic heterocycles. The second-order valence-electron chi connectivity index (χ2n) is 4.96. The molecule has 2 rings (SSSR count). The maximum absolute atomic E-state index is 11.7. The number of hydrogen-bond acceptors (Lipinski definition) is 3. The summed E-state index contributed by atoms with van der Waals surface area (Å²) >= 11 is 0. The first-order chi connectivity index (χ1) is 9.65. The Bertz CT molecular complexity index is 602. The van der Waals surface area contributed by atoms with Gasteiger partial charge in [0.15, 0.2) is 0 Å². The molecule has 0 spiro atoms. The highest BCUT2D eigenvalue weighted by Crippen LogP contribution is 2.23. The van der Waals surface area contributed by atoms with Crippen molar-refractivity contribution in [3.63, 3.8) is 0 Å². The van der Waals surface area contributed by atoms with Crippen LogP contribution in [0, 0.1) is 6.92 Å². The van der Waals surface area contributed by atoms with Gasteiger partial charge in [-0.15, -0.1) is 0 Å². The normalized spacial score (nSPS) is 10.9. The van der Waals surface area contributed by atoms with E-state index >= 15 is 0 Å². The summed E-state index contributed by atoms with van der Waals surface area (Å²) in [5.41, 5.74) is 3.59. The quantitative estimate of drug-likeness (QED) is 0.822. The summed E-state index contributed by atoms with van der Waals surface area (Å²) in [6, 6.07) is 6.33. The molecule has 108 valence electrons. The summed E-state index contributed by atoms with van der Waals surface area (Å²) in [6.45, 7) is 5.53. The Balaban J connectivity index is 2.36. The number of nitrogens with one attached hydrogen (secondary N) is 1. The van der Waals surface area contributed by atoms with Gasteiger partial charge < -0.3 is 14.6 Å². The molecule has 0 aliphatic heterocycles. The summed E-state index contributed by atoms with van der Waals surface area (Å²) in [4.78, 5) is 11.7. The number of carbonyl (C=O) groups excluding carboxylic acids is 1. The van der Waals surface area contributed by atoms with E-state index in [4.69, 9.17) is 4.74 Å². The van der Waals surface area contributed by atoms with Crippen LogP contribution in [0.1, 0.15) is 18.1 Å². The molecular formula is C16H22N2O2. The molecule has 0 aliphatic carbocycles. The zero-order valence-corrected chi connectivity index (χ0v) is 12.4. The molecular weight excluding hydrogens is 252 g/mol. The van der Waals surface area contributed by atoms with Crippen LogP contribution in [0.3, 0.4) is 0 Å². The Hall–Kier alpha value is -1.81. The molecule has 0 saturated carbocycles. The van der Waals surface area contributed by atoms with E-state index in [0.717, 1.165) is 18.5 Å². The van der Waals surface area contributed by atoms with Gasteiger partial charge in [0.2, 0.25) is 0 Å². The van der Waals surface area contributed by atoms with Crippen molar-refractivity contribution >= 4 is 16.9 Å². The highest BCUT2D eigenvalue weighted by atomic mass is 16.5. The fraction of sp³-hybridized carbons (Fsp3) is 0.438. The van der Waals surface area contributed by atoms with E-state index in [0.29, 0.717) is 6.61 Å². The molecule has 0 amide bonds. The predicted octanol–water partition coefficient (Wildman–Crippen LogP) is 2.27. The highest BCUT2D eigenvalue weighted by Gasteiger charge is 2.11. The van der Waals surface area contributed by atoms with Gasteiger partial charge in [-0.1, -0.05) is 11.6 Å². The minimum absolute atomic E-state index is 0.190. The molecule has 4 heteroatoms. The van der Waals surface area contributed by atoms with E-state index in [2.05, 4.69) is 36.6 Å². The van der Waals surface area contributed by atoms with Gasteiger partial charge in [-0.05, 0) is 51.6 Å². The number of esters is 1. The topological polar surface area (TPSA) is 43.3 Å². The Morgan fingerprint density at radius 3 is 2.90 bits per heavy atom. The summed E-state index contributed by atoms with van der Waals surface area (Å²) < 4.78 is 7.02. The molecule has 0 radical (unpaired) electrons. The second kappa shape index (κ2) is 6.57. The van der Waals surface area contributed by atoms with Crippen molar-refractivity contribution in [3.8, 4) is 0 Å². The summed E-state index contributed by atoms with van der Waals surface area (Å²) in [6.07, 6.45) is 3.02. The van der Waals surface area contributed by atoms with Crippen LogP contribution in [0.15, 0.2) is 24.4 Å². The van der Waals surface area contributed by atoms with Crippen LogP contribution >= 0.6 is 0 Å². The molecule has 4 nitrogen and oxygen atoms in total. The Kier molecular flexibility index (Phi) is 4.79. The minimum atomic E-state index is -0.190. The van der Waals surface area contributed by atoms with Crippen LogP contribution in [-0.2, 0) is 22.5 Å². The first-order valence-electron chi connectivity index (χ1n) is 7.04. The van der Waals surface area contributed by atoms with Crippen LogP contribution in [0.4, 0.5) is 0 Å². The van der Waals surface area contributed by atoms with Crippen molar-refractivity contribution in [2.75, 3.05) is 20.2 Å². The van der Waals surface area contributed by atoms with Crippen molar-refractivity contribution in [2.45, 2.75) is 26.8 Å². The number of carbonyl (C=O) groups is 1. The Labute approximate surface area is 119 Å². The number of fused-ring (bicyclic) bond motifs is 1. The van der Waals surface area contributed by atoms with Gasteiger partial charge in [0, 0.05) is 17.1 Å². The maximum atomic E-state index is 11.7. The lowest BCUT2D eigenvalue weighted by atomic mass is 10.1. The van der Waals surface area contributed by atoms with Crippen molar-refractivity contribution in [1.29, 1.82) is 0 Å². The molecule has 2 aromatic rings. The van der Waals surface area contributed by atoms with Crippen molar-refractivity contribution in [3.05, 3.63) is 35.5 Å². The van der Waals surface area contributed by atoms with Crippen molar-refractivity contribution in [2.24, 2.45) is 0 Å². The molecule has 1 N–H and O–H groups in total. The number of aromatic nitrogens is 1. The average molecular weight is 274 g/mol. The number of benzene rings is 1. The van der Waals surface area contributed by atoms with Gasteiger partial charge >= 0.3 is 5.97 Å². The van der Waals surface area contributed by atoms with Crippen LogP contribution in [-0.4, -0.2) is 30.7 Å². The molecule has 0 bridgehead atoms. The molecule has 1 aromatic carbocycles. The first kappa shape index (κ1) is 14.6. The molecule has 0 unspecified atom stereocenters. The van der Waals surface area contributed by atoms with Crippen LogP contribution in [0.5, 0.6) is 0 Å². The van der Waals surface area contributed by atoms with E-state index in [1.807, 2.05) is 18.5 Å². The number of rotatable bonds is 6. The van der Waals surface area contributed by atoms with Gasteiger partial charge in [-0.3, -0.25) is 4.79 Å². The lowest BCUT2D eigenvalue weighted by molar-refractivity contribution is -0.143. The lowest BCUT2D eigenvalue weighted by Crippen LogP contribution is -2.13. The molecule has 0 saturated heterocycles. The number of likely N-dealkylation sites (N-methyl/N-ethyl adjacent to an activating group) is 1. The lowest BCUT2D eigenvalue weighted by Gasteiger charge is -2.05. The van der Waals surface area contributed by atoms with Crippen LogP contribution in [0.25, 0.3) is 10.9 Å². The molecule has 0 atom stereocenters. The third-order valence-corrected chi connectivity index (χ3v) is 3.37. The van der Waals surface area contributed by atoms with E-state index in [1.54, 1.807) is 0 Å². The minimum Gasteiger partial charge on any atom is -0.465 e. The van der Waals surface area contributed by atoms with E-state index in [9.17, 15) is 4.79 Å². The van der Waals surface area contributed by atoms with E-state index in [1.165, 1.54) is 16.5 Å². The number of ether oxygens (including phenoxy) is 1. The van der Waals surface area contributed by atoms with Gasteiger partial charge in [0.1, 0.15) is 6.54 Å². The second-order valence-corrected chi connectivity index (χ2v) is 4.96. The Morgan fingerprint density at radius 1 is 1.40 bits per heavy atom. The van der Waals surface area contributed by atoms with Gasteiger partial charge in [0.25, 0.3) is 0 Å². The largest absolute Gasteiger partial charge is 0.465 e. The van der Waals surface area contributed by atoms with Gasteiger partial charge in [-0.25, -0.2) is 0 Å². The molecule has 0 aliphatic rings. The van der Waals surface area contributed by atoms with Crippen LogP contribution < -0.4 is 5.32 Å². The fourth-order valence-electron chi connectivity index (χ4n) is 2.42. The molecule has 1 heterocycles. The SMILES string of the molecule is CCOC(=O)Cn1cc(CCNC)c2cc(C)ccc21. The smallest absolute Gasteiger partial charge is 0.325 e.